The largest absolute Gasteiger partial charge is 0.438 e. The van der Waals surface area contributed by atoms with E-state index in [4.69, 9.17) is 4.42 Å². The third-order valence-corrected chi connectivity index (χ3v) is 4.30. The summed E-state index contributed by atoms with van der Waals surface area (Å²) in [6.45, 7) is 1.80. The van der Waals surface area contributed by atoms with Crippen LogP contribution in [0.5, 0.6) is 0 Å². The molecule has 1 heterocycles. The number of carbonyl (C=O) groups excluding carboxylic acids is 1. The van der Waals surface area contributed by atoms with Gasteiger partial charge in [-0.15, -0.1) is 0 Å². The quantitative estimate of drug-likeness (QED) is 0.873. The normalized spacial score (nSPS) is 11.4. The molecule has 0 aliphatic rings. The molecule has 0 saturated heterocycles. The van der Waals surface area contributed by atoms with Gasteiger partial charge in [-0.3, -0.25) is 4.79 Å². The van der Waals surface area contributed by atoms with Crippen molar-refractivity contribution in [3.63, 3.8) is 0 Å². The second-order valence-electron chi connectivity index (χ2n) is 4.59. The molecule has 0 atom stereocenters. The van der Waals surface area contributed by atoms with Crippen LogP contribution >= 0.6 is 0 Å². The maximum absolute atomic E-state index is 13.1. The molecule has 2 aromatic rings. The average Bonchev–Trinajstić information content (AvgIpc) is 2.99. The summed E-state index contributed by atoms with van der Waals surface area (Å²) in [5.41, 5.74) is 1.20. The number of halogens is 1. The lowest BCUT2D eigenvalue weighted by Crippen LogP contribution is -2.22. The van der Waals surface area contributed by atoms with Gasteiger partial charge in [-0.05, 0) is 43.3 Å². The first-order valence-corrected chi connectivity index (χ1v) is 7.88. The van der Waals surface area contributed by atoms with E-state index in [1.54, 1.807) is 19.1 Å². The summed E-state index contributed by atoms with van der Waals surface area (Å²) in [5, 5.41) is 2.24. The Hall–Kier alpha value is -2.19. The second-order valence-corrected chi connectivity index (χ2v) is 6.41. The Morgan fingerprint density at radius 3 is 2.64 bits per heavy atom. The van der Waals surface area contributed by atoms with Crippen molar-refractivity contribution in [2.24, 2.45) is 0 Å². The van der Waals surface area contributed by atoms with Gasteiger partial charge in [0, 0.05) is 6.54 Å². The SMILES string of the molecule is CNS(=O)(=O)c1ccc(C(=O)NCc2ccc(F)c(C)c2)o1. The zero-order valence-electron chi connectivity index (χ0n) is 12.0. The van der Waals surface area contributed by atoms with Gasteiger partial charge < -0.3 is 9.73 Å². The first-order valence-electron chi connectivity index (χ1n) is 6.40. The molecule has 0 radical (unpaired) electrons. The third kappa shape index (κ3) is 3.52. The van der Waals surface area contributed by atoms with Crippen molar-refractivity contribution >= 4 is 15.9 Å². The van der Waals surface area contributed by atoms with Gasteiger partial charge in [-0.25, -0.2) is 17.5 Å². The summed E-state index contributed by atoms with van der Waals surface area (Å²) in [5.74, 6) is -0.991. The van der Waals surface area contributed by atoms with E-state index >= 15 is 0 Å². The zero-order valence-corrected chi connectivity index (χ0v) is 12.8. The molecular formula is C14H15FN2O4S. The number of furan rings is 1. The Labute approximate surface area is 127 Å². The molecule has 1 aromatic carbocycles. The summed E-state index contributed by atoms with van der Waals surface area (Å²) in [6, 6.07) is 6.97. The monoisotopic (exact) mass is 326 g/mol. The molecule has 0 fully saturated rings. The first kappa shape index (κ1) is 16.2. The minimum atomic E-state index is -3.73. The van der Waals surface area contributed by atoms with Crippen LogP contribution in [0.3, 0.4) is 0 Å². The number of carbonyl (C=O) groups is 1. The molecule has 0 spiro atoms. The Bertz CT molecular complexity index is 799. The van der Waals surface area contributed by atoms with Gasteiger partial charge in [-0.1, -0.05) is 12.1 Å². The summed E-state index contributed by atoms with van der Waals surface area (Å²) >= 11 is 0. The van der Waals surface area contributed by atoms with E-state index in [0.29, 0.717) is 5.56 Å². The highest BCUT2D eigenvalue weighted by Crippen LogP contribution is 2.14. The highest BCUT2D eigenvalue weighted by atomic mass is 32.2. The zero-order chi connectivity index (χ0) is 16.3. The van der Waals surface area contributed by atoms with Gasteiger partial charge in [0.15, 0.2) is 5.76 Å². The van der Waals surface area contributed by atoms with E-state index in [9.17, 15) is 17.6 Å². The fourth-order valence-electron chi connectivity index (χ4n) is 1.77. The van der Waals surface area contributed by atoms with Crippen molar-refractivity contribution in [3.05, 3.63) is 53.0 Å². The first-order chi connectivity index (χ1) is 10.3. The number of nitrogens with one attached hydrogen (secondary N) is 2. The van der Waals surface area contributed by atoms with Crippen molar-refractivity contribution in [1.29, 1.82) is 0 Å². The molecule has 2 rings (SSSR count). The fraction of sp³-hybridized carbons (Fsp3) is 0.214. The Morgan fingerprint density at radius 2 is 2.00 bits per heavy atom. The number of sulfonamides is 1. The minimum Gasteiger partial charge on any atom is -0.438 e. The van der Waals surface area contributed by atoms with Gasteiger partial charge in [0.1, 0.15) is 5.82 Å². The average molecular weight is 326 g/mol. The van der Waals surface area contributed by atoms with Crippen LogP contribution in [0.4, 0.5) is 4.39 Å². The molecule has 2 N–H and O–H groups in total. The van der Waals surface area contributed by atoms with Crippen LogP contribution in [-0.2, 0) is 16.6 Å². The maximum atomic E-state index is 13.1. The molecule has 0 saturated carbocycles. The van der Waals surface area contributed by atoms with Crippen LogP contribution in [0.15, 0.2) is 39.8 Å². The lowest BCUT2D eigenvalue weighted by Gasteiger charge is -2.05. The van der Waals surface area contributed by atoms with E-state index in [-0.39, 0.29) is 23.2 Å². The molecule has 0 unspecified atom stereocenters. The maximum Gasteiger partial charge on any atom is 0.287 e. The van der Waals surface area contributed by atoms with Crippen LogP contribution in [0, 0.1) is 12.7 Å². The predicted octanol–water partition coefficient (Wildman–Crippen LogP) is 1.57. The number of amides is 1. The van der Waals surface area contributed by atoms with Gasteiger partial charge >= 0.3 is 0 Å². The van der Waals surface area contributed by atoms with E-state index in [2.05, 4.69) is 10.0 Å². The Morgan fingerprint density at radius 1 is 1.27 bits per heavy atom. The van der Waals surface area contributed by atoms with Crippen molar-refractivity contribution < 1.29 is 22.0 Å². The van der Waals surface area contributed by atoms with Crippen LogP contribution in [0.1, 0.15) is 21.7 Å². The molecular weight excluding hydrogens is 311 g/mol. The van der Waals surface area contributed by atoms with E-state index in [1.807, 2.05) is 0 Å². The van der Waals surface area contributed by atoms with Gasteiger partial charge in [0.25, 0.3) is 15.9 Å². The summed E-state index contributed by atoms with van der Waals surface area (Å²) in [6.07, 6.45) is 0. The van der Waals surface area contributed by atoms with Gasteiger partial charge in [0.2, 0.25) is 5.09 Å². The number of rotatable bonds is 5. The van der Waals surface area contributed by atoms with Crippen molar-refractivity contribution in [1.82, 2.24) is 10.0 Å². The summed E-state index contributed by atoms with van der Waals surface area (Å²) in [7, 11) is -2.48. The topological polar surface area (TPSA) is 88.4 Å². The van der Waals surface area contributed by atoms with Crippen LogP contribution in [-0.4, -0.2) is 21.4 Å². The van der Waals surface area contributed by atoms with Gasteiger partial charge in [0.05, 0.1) is 0 Å². The summed E-state index contributed by atoms with van der Waals surface area (Å²) < 4.78 is 43.3. The van der Waals surface area contributed by atoms with Crippen molar-refractivity contribution in [2.45, 2.75) is 18.6 Å². The number of aryl methyl sites for hydroxylation is 1. The lowest BCUT2D eigenvalue weighted by atomic mass is 10.1. The summed E-state index contributed by atoms with van der Waals surface area (Å²) in [4.78, 5) is 11.9. The molecule has 118 valence electrons. The molecule has 22 heavy (non-hydrogen) atoms. The molecule has 1 aromatic heterocycles. The molecule has 8 heteroatoms. The number of benzene rings is 1. The highest BCUT2D eigenvalue weighted by molar-refractivity contribution is 7.89. The van der Waals surface area contributed by atoms with Crippen LogP contribution < -0.4 is 10.0 Å². The van der Waals surface area contributed by atoms with E-state index in [1.165, 1.54) is 25.2 Å². The smallest absolute Gasteiger partial charge is 0.287 e. The Kier molecular flexibility index (Phi) is 4.62. The number of hydrogen-bond acceptors (Lipinski definition) is 4. The van der Waals surface area contributed by atoms with Gasteiger partial charge in [-0.2, -0.15) is 0 Å². The van der Waals surface area contributed by atoms with E-state index < -0.39 is 15.9 Å². The second kappa shape index (κ2) is 6.29. The molecule has 0 aliphatic heterocycles. The van der Waals surface area contributed by atoms with Crippen molar-refractivity contribution in [2.75, 3.05) is 7.05 Å². The van der Waals surface area contributed by atoms with Crippen LogP contribution in [0.25, 0.3) is 0 Å². The number of hydrogen-bond donors (Lipinski definition) is 2. The lowest BCUT2D eigenvalue weighted by molar-refractivity contribution is 0.0918. The molecule has 0 bridgehead atoms. The van der Waals surface area contributed by atoms with Crippen LogP contribution in [0.2, 0.25) is 0 Å². The molecule has 1 amide bonds. The fourth-order valence-corrected chi connectivity index (χ4v) is 2.42. The standard InChI is InChI=1S/C14H15FN2O4S/c1-9-7-10(3-4-11(9)15)8-17-14(18)12-5-6-13(21-12)22(19,20)16-2/h3-7,16H,8H2,1-2H3,(H,17,18). The van der Waals surface area contributed by atoms with E-state index in [0.717, 1.165) is 5.56 Å². The third-order valence-electron chi connectivity index (χ3n) is 3.01. The Balaban J connectivity index is 2.05. The predicted molar refractivity (Wildman–Crippen MR) is 77.3 cm³/mol. The highest BCUT2D eigenvalue weighted by Gasteiger charge is 2.19. The van der Waals surface area contributed by atoms with Crippen molar-refractivity contribution in [3.8, 4) is 0 Å². The molecule has 6 nitrogen and oxygen atoms in total. The molecule has 0 aliphatic carbocycles. The minimum absolute atomic E-state index is 0.118.